The van der Waals surface area contributed by atoms with E-state index in [9.17, 15) is 52.8 Å². The topological polar surface area (TPSA) is 369 Å². The van der Waals surface area contributed by atoms with Crippen molar-refractivity contribution in [1.82, 2.24) is 39.9 Å². The number of pyridine rings is 4. The van der Waals surface area contributed by atoms with Gasteiger partial charge in [-0.2, -0.15) is 0 Å². The largest absolute Gasteiger partial charge is 0.322 e. The minimum atomic E-state index is -3.40. The number of hydrogen-bond acceptors (Lipinski definition) is 20. The van der Waals surface area contributed by atoms with E-state index in [1.165, 1.54) is 17.2 Å². The molecule has 0 atom stereocenters. The first-order valence-electron chi connectivity index (χ1n) is 47.6. The predicted molar refractivity (Wildman–Crippen MR) is 576 cm³/mol. The molecule has 0 spiro atoms. The Morgan fingerprint density at radius 3 is 1.14 bits per heavy atom. The van der Waals surface area contributed by atoms with E-state index in [0.29, 0.717) is 142 Å². The number of aryl methyl sites for hydroxylation is 6. The molecule has 28 nitrogen and oxygen atoms in total. The molecule has 0 saturated carbocycles. The number of hydrogen-bond donors (Lipinski definition) is 4. The smallest absolute Gasteiger partial charge is 0.257 e. The van der Waals surface area contributed by atoms with Crippen LogP contribution < -0.4 is 38.5 Å². The van der Waals surface area contributed by atoms with Crippen LogP contribution in [0.5, 0.6) is 0 Å². The number of carbonyl (C=O) groups excluding carboxylic acids is 4. The Hall–Kier alpha value is -14.5. The molecule has 6 aromatic heterocycles. The summed E-state index contributed by atoms with van der Waals surface area (Å²) < 4.78 is 107. The maximum atomic E-state index is 13.2. The fraction of sp³-hybridized carbons (Fsp3) is 0.236. The van der Waals surface area contributed by atoms with Gasteiger partial charge in [0.25, 0.3) is 23.6 Å². The van der Waals surface area contributed by atoms with Crippen molar-refractivity contribution in [2.45, 2.75) is 119 Å². The van der Waals surface area contributed by atoms with E-state index in [1.54, 1.807) is 135 Å². The van der Waals surface area contributed by atoms with Gasteiger partial charge in [0.1, 0.15) is 0 Å². The molecule has 736 valence electrons. The molecule has 0 bridgehead atoms. The summed E-state index contributed by atoms with van der Waals surface area (Å²) in [5, 5.41) is 16.2. The molecule has 4 N–H and O–H groups in total. The fourth-order valence-corrected chi connectivity index (χ4v) is 25.0. The van der Waals surface area contributed by atoms with Crippen LogP contribution in [-0.4, -0.2) is 146 Å². The first kappa shape index (κ1) is 101. The van der Waals surface area contributed by atoms with Gasteiger partial charge in [-0.05, 0) is 302 Å². The quantitative estimate of drug-likeness (QED) is 0.0698. The molecule has 4 saturated heterocycles. The van der Waals surface area contributed by atoms with Gasteiger partial charge in [-0.3, -0.25) is 51.4 Å². The number of halogens is 2. The third-order valence-electron chi connectivity index (χ3n) is 25.8. The average molecular weight is 2040 g/mol. The van der Waals surface area contributed by atoms with E-state index < -0.39 is 40.1 Å². The molecule has 10 aromatic carbocycles. The highest BCUT2D eigenvalue weighted by molar-refractivity contribution is 7.93. The van der Waals surface area contributed by atoms with Crippen molar-refractivity contribution in [3.8, 4) is 45.3 Å². The van der Waals surface area contributed by atoms with Crippen LogP contribution >= 0.6 is 23.2 Å². The predicted octanol–water partition coefficient (Wildman–Crippen LogP) is 22.6. The number of nitrogens with one attached hydrogen (secondary N) is 4. The third kappa shape index (κ3) is 23.5. The van der Waals surface area contributed by atoms with Crippen LogP contribution in [0.1, 0.15) is 152 Å². The van der Waals surface area contributed by atoms with Crippen molar-refractivity contribution >= 4 is 176 Å². The standard InChI is InChI=1S/2C28H28N4O3S.2C27H25ClN4O3S/c1-19-6-8-22(17-25(19)27-11-7-21-18-29-13-12-26(21)31-27)30-28(33)24-10-9-23(16-20(24)2)32-14-4-3-5-15-36(32,34)35;1-19-8-9-21(18-25(19)27-24-7-6-13-29-26(24)12-14-30-27)31-28(33)23-11-10-22(17-20(23)2)32-15-4-3-5-16-36(32,34)35;1-18-15-21(32-13-5-2-6-14-36(32,34)35)10-11-22(18)27(33)30-20-9-12-24(28)23(16-20)26-29-17-19-7-3-4-8-25(19)31-26;1-18-9-10-20(15-23(18)26-29-17-19-7-3-4-8-25(19)31-26)30-27(33)22-12-11-21(16-24(22)28)32-13-5-2-6-14-36(32,34)35/h6-13,16-18H,3-5,14-15H2,1-2H3,(H,30,33);6-14,17-18H,3-5,15-16H2,1-2H3,(H,31,33);2*3-4,7-12,15-17H,2,5-6,13-14H2,1H3,(H,30,33). The molecule has 20 rings (SSSR count). The second-order valence-corrected chi connectivity index (χ2v) is 44.9. The van der Waals surface area contributed by atoms with Crippen LogP contribution in [0, 0.1) is 41.5 Å². The van der Waals surface area contributed by atoms with Crippen LogP contribution in [0.15, 0.2) is 268 Å². The summed E-state index contributed by atoms with van der Waals surface area (Å²) in [4.78, 5) is 88.6. The van der Waals surface area contributed by atoms with Crippen molar-refractivity contribution in [3.05, 3.63) is 333 Å². The first-order valence-corrected chi connectivity index (χ1v) is 54.8. The first-order chi connectivity index (χ1) is 69.3. The summed E-state index contributed by atoms with van der Waals surface area (Å²) >= 11 is 12.9. The molecule has 0 radical (unpaired) electrons. The van der Waals surface area contributed by atoms with Gasteiger partial charge < -0.3 is 21.3 Å². The zero-order valence-corrected chi connectivity index (χ0v) is 85.0. The number of carbonyl (C=O) groups is 4. The number of amides is 4. The van der Waals surface area contributed by atoms with Gasteiger partial charge in [0.2, 0.25) is 40.1 Å². The third-order valence-corrected chi connectivity index (χ3v) is 34.0. The Morgan fingerprint density at radius 2 is 0.674 bits per heavy atom. The highest BCUT2D eigenvalue weighted by atomic mass is 35.5. The highest BCUT2D eigenvalue weighted by Crippen LogP contribution is 2.39. The molecule has 0 aliphatic carbocycles. The molecule has 10 heterocycles. The van der Waals surface area contributed by atoms with E-state index in [1.807, 2.05) is 174 Å². The van der Waals surface area contributed by atoms with E-state index in [-0.39, 0.29) is 57.2 Å². The van der Waals surface area contributed by atoms with Crippen molar-refractivity contribution in [3.63, 3.8) is 0 Å². The lowest BCUT2D eigenvalue weighted by Gasteiger charge is -2.23. The minimum absolute atomic E-state index is 0.115. The van der Waals surface area contributed by atoms with Gasteiger partial charge in [0.15, 0.2) is 11.6 Å². The molecule has 4 aliphatic heterocycles. The molecular formula is C110H106Cl2N16O12S4. The van der Waals surface area contributed by atoms with E-state index >= 15 is 0 Å². The van der Waals surface area contributed by atoms with Gasteiger partial charge >= 0.3 is 0 Å². The molecule has 0 unspecified atom stereocenters. The number of benzene rings is 10. The molecule has 4 fully saturated rings. The lowest BCUT2D eigenvalue weighted by molar-refractivity contribution is 0.101. The van der Waals surface area contributed by atoms with Gasteiger partial charge in [-0.25, -0.2) is 58.6 Å². The van der Waals surface area contributed by atoms with Crippen LogP contribution in [-0.2, 0) is 40.1 Å². The average Bonchev–Trinajstić information content (AvgIpc) is 1.06. The maximum Gasteiger partial charge on any atom is 0.257 e. The van der Waals surface area contributed by atoms with Gasteiger partial charge in [0, 0.05) is 147 Å². The van der Waals surface area contributed by atoms with Crippen LogP contribution in [0.4, 0.5) is 45.5 Å². The Kier molecular flexibility index (Phi) is 30.9. The summed E-state index contributed by atoms with van der Waals surface area (Å²) in [5.41, 5.74) is 19.9. The second kappa shape index (κ2) is 44.1. The minimum Gasteiger partial charge on any atom is -0.322 e. The van der Waals surface area contributed by atoms with Crippen molar-refractivity contribution in [2.24, 2.45) is 0 Å². The molecule has 16 aromatic rings. The normalized spacial score (nSPS) is 15.4. The van der Waals surface area contributed by atoms with Gasteiger partial charge in [-0.15, -0.1) is 0 Å². The van der Waals surface area contributed by atoms with E-state index in [0.717, 1.165) is 151 Å². The molecule has 4 aliphatic rings. The van der Waals surface area contributed by atoms with Crippen LogP contribution in [0.25, 0.3) is 88.9 Å². The number of anilines is 8. The monoisotopic (exact) mass is 2040 g/mol. The Labute approximate surface area is 847 Å². The van der Waals surface area contributed by atoms with Crippen molar-refractivity contribution in [1.29, 1.82) is 0 Å². The molecule has 144 heavy (non-hydrogen) atoms. The van der Waals surface area contributed by atoms with Gasteiger partial charge in [-0.1, -0.05) is 103 Å². The lowest BCUT2D eigenvalue weighted by Crippen LogP contribution is -2.32. The highest BCUT2D eigenvalue weighted by Gasteiger charge is 2.32. The summed E-state index contributed by atoms with van der Waals surface area (Å²) in [5.74, 6) is 0.434. The Balaban J connectivity index is 0.000000132. The zero-order chi connectivity index (χ0) is 101. The number of rotatable bonds is 16. The van der Waals surface area contributed by atoms with E-state index in [4.69, 9.17) is 28.2 Å². The summed E-state index contributed by atoms with van der Waals surface area (Å²) in [6.45, 7) is 13.3. The second-order valence-electron chi connectivity index (χ2n) is 36.1. The number of fused-ring (bicyclic) bond motifs is 4. The molecule has 34 heteroatoms. The summed E-state index contributed by atoms with van der Waals surface area (Å²) in [7, 11) is -13.4. The Morgan fingerprint density at radius 1 is 0.292 bits per heavy atom. The molecular weight excluding hydrogens is 1940 g/mol. The number of para-hydroxylation sites is 2. The van der Waals surface area contributed by atoms with Gasteiger partial charge in [0.05, 0.1) is 94.8 Å². The van der Waals surface area contributed by atoms with Crippen molar-refractivity contribution < 1.29 is 52.8 Å². The zero-order valence-electron chi connectivity index (χ0n) is 80.2. The number of sulfonamides is 4. The number of aromatic nitrogens is 8. The van der Waals surface area contributed by atoms with Crippen molar-refractivity contribution in [2.75, 3.05) is 87.7 Å². The summed E-state index contributed by atoms with van der Waals surface area (Å²) in [6, 6.07) is 69.5. The molecule has 4 amide bonds. The Bertz CT molecular complexity index is 7590. The lowest BCUT2D eigenvalue weighted by atomic mass is 10.0. The fourth-order valence-electron chi connectivity index (χ4n) is 18.0. The van der Waals surface area contributed by atoms with Crippen LogP contribution in [0.2, 0.25) is 10.0 Å². The SMILES string of the molecule is Cc1cc(N2CCCCCS2(=O)=O)ccc1C(=O)Nc1ccc(C)c(-c2ccc3cnccc3n2)c1.Cc1cc(N2CCCCCS2(=O)=O)ccc1C(=O)Nc1ccc(C)c(-c2nccc3ncccc23)c1.Cc1cc(N2CCCCCS2(=O)=O)ccc1C(=O)Nc1ccc(Cl)c(-c2ncc3ccccc3n2)c1.Cc1ccc(NC(=O)c2ccc(N3CCCCCS3(=O)=O)cc2Cl)cc1-c1ncc2ccccc2n1. The maximum absolute atomic E-state index is 13.2. The summed E-state index contributed by atoms with van der Waals surface area (Å²) in [6.07, 6.45) is 20.1. The van der Waals surface area contributed by atoms with E-state index in [2.05, 4.69) is 56.2 Å². The van der Waals surface area contributed by atoms with Crippen LogP contribution in [0.3, 0.4) is 0 Å². The number of nitrogens with zero attached hydrogens (tertiary/aromatic N) is 12.